The molecule has 0 aliphatic heterocycles. The van der Waals surface area contributed by atoms with Crippen molar-refractivity contribution in [1.82, 2.24) is 4.98 Å². The fourth-order valence-electron chi connectivity index (χ4n) is 2.46. The smallest absolute Gasteiger partial charge is 0.132 e. The van der Waals surface area contributed by atoms with Crippen LogP contribution in [0.1, 0.15) is 0 Å². The molecule has 2 aromatic heterocycles. The molecule has 8 heteroatoms. The number of nitrogen functional groups attached to an aromatic ring is 2. The summed E-state index contributed by atoms with van der Waals surface area (Å²) in [5.74, 6) is 0.245. The molecule has 2 aromatic carbocycles. The SMILES string of the molecule is Nc1cccc(F)c1.Nc1ncc(I)c2scc(-c3ccc(N=O)cc3)c12. The Morgan fingerprint density at radius 1 is 1.11 bits per heavy atom. The zero-order valence-electron chi connectivity index (χ0n) is 13.9. The van der Waals surface area contributed by atoms with Gasteiger partial charge in [-0.05, 0) is 69.0 Å². The Hall–Kier alpha value is -2.59. The predicted molar refractivity (Wildman–Crippen MR) is 118 cm³/mol. The number of aromatic nitrogens is 1. The van der Waals surface area contributed by atoms with E-state index in [0.29, 0.717) is 17.2 Å². The first-order chi connectivity index (χ1) is 13.0. The number of pyridine rings is 1. The largest absolute Gasteiger partial charge is 0.399 e. The van der Waals surface area contributed by atoms with E-state index >= 15 is 0 Å². The second-order valence-electron chi connectivity index (χ2n) is 5.54. The molecule has 0 aliphatic carbocycles. The lowest BCUT2D eigenvalue weighted by atomic mass is 10.1. The minimum atomic E-state index is -0.287. The molecule has 0 bridgehead atoms. The second-order valence-corrected chi connectivity index (χ2v) is 7.58. The molecule has 2 heterocycles. The molecular formula is C19H14FIN4OS. The summed E-state index contributed by atoms with van der Waals surface area (Å²) in [7, 11) is 0. The maximum Gasteiger partial charge on any atom is 0.132 e. The molecule has 0 saturated heterocycles. The van der Waals surface area contributed by atoms with Crippen molar-refractivity contribution in [3.8, 4) is 11.1 Å². The van der Waals surface area contributed by atoms with Crippen LogP contribution in [0.15, 0.2) is 65.3 Å². The normalized spacial score (nSPS) is 10.3. The monoisotopic (exact) mass is 492 g/mol. The third kappa shape index (κ3) is 4.40. The number of rotatable bonds is 2. The summed E-state index contributed by atoms with van der Waals surface area (Å²) in [4.78, 5) is 14.6. The number of hydrogen-bond acceptors (Lipinski definition) is 6. The van der Waals surface area contributed by atoms with Gasteiger partial charge in [-0.15, -0.1) is 16.2 Å². The number of hydrogen-bond donors (Lipinski definition) is 2. The van der Waals surface area contributed by atoms with Gasteiger partial charge in [0, 0.05) is 26.4 Å². The summed E-state index contributed by atoms with van der Waals surface area (Å²) in [6.45, 7) is 0. The Morgan fingerprint density at radius 3 is 2.44 bits per heavy atom. The van der Waals surface area contributed by atoms with Gasteiger partial charge in [-0.1, -0.05) is 18.2 Å². The number of benzene rings is 2. The van der Waals surface area contributed by atoms with E-state index in [1.807, 2.05) is 12.1 Å². The summed E-state index contributed by atoms with van der Waals surface area (Å²) in [5.41, 5.74) is 14.1. The summed E-state index contributed by atoms with van der Waals surface area (Å²) in [6, 6.07) is 13.0. The quantitative estimate of drug-likeness (QED) is 0.205. The van der Waals surface area contributed by atoms with Crippen LogP contribution in [0.4, 0.5) is 21.6 Å². The Labute approximate surface area is 172 Å². The van der Waals surface area contributed by atoms with Crippen LogP contribution >= 0.6 is 33.9 Å². The molecule has 0 atom stereocenters. The van der Waals surface area contributed by atoms with Crippen molar-refractivity contribution in [2.45, 2.75) is 0 Å². The highest BCUT2D eigenvalue weighted by Crippen LogP contribution is 2.39. The van der Waals surface area contributed by atoms with Crippen LogP contribution in [0.2, 0.25) is 0 Å². The van der Waals surface area contributed by atoms with E-state index in [4.69, 9.17) is 11.5 Å². The van der Waals surface area contributed by atoms with Crippen LogP contribution in [-0.2, 0) is 0 Å². The number of halogens is 2. The summed E-state index contributed by atoms with van der Waals surface area (Å²) >= 11 is 3.90. The van der Waals surface area contributed by atoms with Crippen molar-refractivity contribution in [2.75, 3.05) is 11.5 Å². The van der Waals surface area contributed by atoms with Gasteiger partial charge in [0.25, 0.3) is 0 Å². The molecule has 27 heavy (non-hydrogen) atoms. The topological polar surface area (TPSA) is 94.4 Å². The van der Waals surface area contributed by atoms with E-state index in [2.05, 4.69) is 38.1 Å². The van der Waals surface area contributed by atoms with Gasteiger partial charge in [-0.3, -0.25) is 0 Å². The molecule has 0 saturated carbocycles. The minimum absolute atomic E-state index is 0.287. The number of nitroso groups, excluding NO2 is 1. The molecule has 4 aromatic rings. The van der Waals surface area contributed by atoms with Gasteiger partial charge in [-0.2, -0.15) is 0 Å². The van der Waals surface area contributed by atoms with Crippen molar-refractivity contribution >= 4 is 61.2 Å². The van der Waals surface area contributed by atoms with Crippen LogP contribution in [0.3, 0.4) is 0 Å². The van der Waals surface area contributed by atoms with Crippen LogP contribution in [0, 0.1) is 14.3 Å². The van der Waals surface area contributed by atoms with E-state index in [1.54, 1.807) is 41.8 Å². The van der Waals surface area contributed by atoms with Gasteiger partial charge in [0.2, 0.25) is 0 Å². The highest BCUT2D eigenvalue weighted by molar-refractivity contribution is 14.1. The highest BCUT2D eigenvalue weighted by Gasteiger charge is 2.12. The number of nitrogens with zero attached hydrogens (tertiary/aromatic N) is 2. The Morgan fingerprint density at radius 2 is 1.85 bits per heavy atom. The Bertz CT molecular complexity index is 1080. The minimum Gasteiger partial charge on any atom is -0.399 e. The lowest BCUT2D eigenvalue weighted by Gasteiger charge is -2.03. The molecule has 4 N–H and O–H groups in total. The molecule has 0 spiro atoms. The summed E-state index contributed by atoms with van der Waals surface area (Å²) in [5, 5.41) is 5.94. The van der Waals surface area contributed by atoms with E-state index in [-0.39, 0.29) is 5.82 Å². The fraction of sp³-hybridized carbons (Fsp3) is 0. The zero-order chi connectivity index (χ0) is 19.4. The molecular weight excluding hydrogens is 478 g/mol. The molecule has 0 fully saturated rings. The Kier molecular flexibility index (Phi) is 5.97. The Balaban J connectivity index is 0.000000221. The van der Waals surface area contributed by atoms with Crippen LogP contribution in [0.5, 0.6) is 0 Å². The van der Waals surface area contributed by atoms with E-state index in [1.165, 1.54) is 12.1 Å². The van der Waals surface area contributed by atoms with Crippen LogP contribution in [0.25, 0.3) is 21.2 Å². The van der Waals surface area contributed by atoms with Gasteiger partial charge in [0.15, 0.2) is 0 Å². The standard InChI is InChI=1S/C13H8IN3OS.C6H6FN/c14-10-5-16-13(15)11-9(6-19-12(10)11)7-1-3-8(17-18)4-2-7;7-5-2-1-3-6(8)4-5/h1-6H,(H2,15,16);1-4H,8H2. The van der Waals surface area contributed by atoms with E-state index in [9.17, 15) is 9.30 Å². The first kappa shape index (κ1) is 19.2. The fourth-order valence-corrected chi connectivity index (χ4v) is 4.24. The van der Waals surface area contributed by atoms with Crippen molar-refractivity contribution in [2.24, 2.45) is 5.18 Å². The third-order valence-corrected chi connectivity index (χ3v) is 5.91. The number of anilines is 2. The number of thiophene rings is 1. The van der Waals surface area contributed by atoms with Gasteiger partial charge in [0.1, 0.15) is 17.3 Å². The molecule has 0 radical (unpaired) electrons. The molecule has 0 amide bonds. The van der Waals surface area contributed by atoms with Gasteiger partial charge in [-0.25, -0.2) is 9.37 Å². The maximum absolute atomic E-state index is 12.1. The zero-order valence-corrected chi connectivity index (χ0v) is 16.9. The van der Waals surface area contributed by atoms with Crippen molar-refractivity contribution in [3.63, 3.8) is 0 Å². The first-order valence-electron chi connectivity index (χ1n) is 7.75. The molecule has 0 unspecified atom stereocenters. The lowest BCUT2D eigenvalue weighted by Crippen LogP contribution is -1.91. The van der Waals surface area contributed by atoms with Crippen LogP contribution in [-0.4, -0.2) is 4.98 Å². The maximum atomic E-state index is 12.1. The summed E-state index contributed by atoms with van der Waals surface area (Å²) in [6.07, 6.45) is 1.78. The second kappa shape index (κ2) is 8.40. The van der Waals surface area contributed by atoms with Crippen molar-refractivity contribution < 1.29 is 4.39 Å². The molecule has 136 valence electrons. The van der Waals surface area contributed by atoms with Crippen LogP contribution < -0.4 is 11.5 Å². The van der Waals surface area contributed by atoms with E-state index < -0.39 is 0 Å². The number of fused-ring (bicyclic) bond motifs is 1. The van der Waals surface area contributed by atoms with Gasteiger partial charge >= 0.3 is 0 Å². The molecule has 5 nitrogen and oxygen atoms in total. The number of nitrogens with two attached hydrogens (primary N) is 2. The van der Waals surface area contributed by atoms with Gasteiger partial charge < -0.3 is 11.5 Å². The average Bonchev–Trinajstić information content (AvgIpc) is 3.12. The summed E-state index contributed by atoms with van der Waals surface area (Å²) < 4.78 is 14.3. The molecule has 4 rings (SSSR count). The highest BCUT2D eigenvalue weighted by atomic mass is 127. The lowest BCUT2D eigenvalue weighted by molar-refractivity contribution is 0.628. The predicted octanol–water partition coefficient (Wildman–Crippen LogP) is 5.96. The molecule has 0 aliphatic rings. The van der Waals surface area contributed by atoms with Crippen molar-refractivity contribution in [1.29, 1.82) is 0 Å². The van der Waals surface area contributed by atoms with Crippen molar-refractivity contribution in [3.05, 3.63) is 74.4 Å². The van der Waals surface area contributed by atoms with E-state index in [0.717, 1.165) is 24.8 Å². The van der Waals surface area contributed by atoms with Gasteiger partial charge in [0.05, 0.1) is 4.70 Å². The first-order valence-corrected chi connectivity index (χ1v) is 9.71. The average molecular weight is 492 g/mol. The third-order valence-electron chi connectivity index (χ3n) is 3.71.